The zero-order valence-corrected chi connectivity index (χ0v) is 15.2. The fourth-order valence-corrected chi connectivity index (χ4v) is 2.84. The lowest BCUT2D eigenvalue weighted by Gasteiger charge is -2.22. The van der Waals surface area contributed by atoms with Gasteiger partial charge in [0.15, 0.2) is 0 Å². The third kappa shape index (κ3) is 4.29. The Labute approximate surface area is 149 Å². The van der Waals surface area contributed by atoms with Crippen LogP contribution < -0.4 is 15.5 Å². The van der Waals surface area contributed by atoms with Gasteiger partial charge < -0.3 is 15.5 Å². The van der Waals surface area contributed by atoms with Crippen LogP contribution in [0.2, 0.25) is 0 Å². The summed E-state index contributed by atoms with van der Waals surface area (Å²) in [6.45, 7) is 8.44. The second-order valence-electron chi connectivity index (χ2n) is 6.49. The monoisotopic (exact) mass is 338 g/mol. The fraction of sp³-hybridized carbons (Fsp3) is 0.400. The van der Waals surface area contributed by atoms with Gasteiger partial charge in [0.1, 0.15) is 5.82 Å². The highest BCUT2D eigenvalue weighted by molar-refractivity contribution is 5.93. The molecule has 5 nitrogen and oxygen atoms in total. The number of aryl methyl sites for hydroxylation is 1. The lowest BCUT2D eigenvalue weighted by Crippen LogP contribution is -2.21. The van der Waals surface area contributed by atoms with Crippen LogP contribution in [0.4, 0.5) is 22.9 Å². The Morgan fingerprint density at radius 1 is 1.20 bits per heavy atom. The van der Waals surface area contributed by atoms with E-state index in [1.165, 1.54) is 11.3 Å². The van der Waals surface area contributed by atoms with Crippen molar-refractivity contribution in [2.45, 2.75) is 33.6 Å². The van der Waals surface area contributed by atoms with E-state index in [0.717, 1.165) is 37.3 Å². The van der Waals surface area contributed by atoms with Crippen molar-refractivity contribution in [3.05, 3.63) is 42.1 Å². The van der Waals surface area contributed by atoms with E-state index in [9.17, 15) is 4.79 Å². The summed E-state index contributed by atoms with van der Waals surface area (Å²) in [6.07, 6.45) is 3.74. The van der Waals surface area contributed by atoms with Crippen molar-refractivity contribution in [3.8, 4) is 0 Å². The zero-order valence-electron chi connectivity index (χ0n) is 15.2. The molecular formula is C20H26N4O. The number of carbonyl (C=O) groups excluding carboxylic acids is 1. The molecule has 0 atom stereocenters. The van der Waals surface area contributed by atoms with Crippen molar-refractivity contribution in [1.29, 1.82) is 0 Å². The molecule has 2 N–H and O–H groups in total. The minimum Gasteiger partial charge on any atom is -0.372 e. The molecule has 0 spiro atoms. The van der Waals surface area contributed by atoms with E-state index in [4.69, 9.17) is 0 Å². The van der Waals surface area contributed by atoms with Gasteiger partial charge in [0.25, 0.3) is 0 Å². The molecule has 0 unspecified atom stereocenters. The Morgan fingerprint density at radius 2 is 1.96 bits per heavy atom. The maximum absolute atomic E-state index is 11.8. The molecule has 1 aliphatic rings. The van der Waals surface area contributed by atoms with E-state index < -0.39 is 0 Å². The quantitative estimate of drug-likeness (QED) is 0.789. The number of anilines is 4. The Bertz CT molecular complexity index is 734. The molecule has 25 heavy (non-hydrogen) atoms. The lowest BCUT2D eigenvalue weighted by molar-refractivity contribution is -0.117. The van der Waals surface area contributed by atoms with Crippen LogP contribution in [0.15, 0.2) is 36.5 Å². The molecule has 1 saturated carbocycles. The summed E-state index contributed by atoms with van der Waals surface area (Å²) in [5.41, 5.74) is 4.40. The number of aromatic nitrogens is 1. The molecule has 132 valence electrons. The van der Waals surface area contributed by atoms with E-state index in [0.29, 0.717) is 5.82 Å². The van der Waals surface area contributed by atoms with Crippen LogP contribution in [0.25, 0.3) is 0 Å². The molecule has 3 rings (SSSR count). The largest absolute Gasteiger partial charge is 0.372 e. The molecule has 1 heterocycles. The summed E-state index contributed by atoms with van der Waals surface area (Å²) in [4.78, 5) is 18.4. The topological polar surface area (TPSA) is 57.3 Å². The van der Waals surface area contributed by atoms with E-state index >= 15 is 0 Å². The fourth-order valence-electron chi connectivity index (χ4n) is 2.84. The number of amides is 1. The number of benzene rings is 1. The van der Waals surface area contributed by atoms with Crippen molar-refractivity contribution in [1.82, 2.24) is 4.98 Å². The first-order valence-corrected chi connectivity index (χ1v) is 9.00. The minimum absolute atomic E-state index is 0.0797. The number of pyridine rings is 1. The SMILES string of the molecule is CCN(CC)c1ccc(Nc2ccc(NC(=O)C3CC3)nc2)c(C)c1. The van der Waals surface area contributed by atoms with Crippen molar-refractivity contribution >= 4 is 28.8 Å². The smallest absolute Gasteiger partial charge is 0.228 e. The van der Waals surface area contributed by atoms with Gasteiger partial charge in [0.05, 0.1) is 11.9 Å². The molecule has 0 radical (unpaired) electrons. The minimum atomic E-state index is 0.0797. The Kier molecular flexibility index (Phi) is 5.22. The van der Waals surface area contributed by atoms with Crippen molar-refractivity contribution < 1.29 is 4.79 Å². The lowest BCUT2D eigenvalue weighted by atomic mass is 10.1. The van der Waals surface area contributed by atoms with Gasteiger partial charge in [-0.25, -0.2) is 4.98 Å². The molecule has 1 amide bonds. The molecule has 1 aliphatic carbocycles. The number of nitrogens with zero attached hydrogens (tertiary/aromatic N) is 2. The van der Waals surface area contributed by atoms with Gasteiger partial charge in [0.2, 0.25) is 5.91 Å². The van der Waals surface area contributed by atoms with Gasteiger partial charge in [-0.15, -0.1) is 0 Å². The third-order valence-electron chi connectivity index (χ3n) is 4.58. The Hall–Kier alpha value is -2.56. The van der Waals surface area contributed by atoms with Crippen LogP contribution in [0.3, 0.4) is 0 Å². The maximum Gasteiger partial charge on any atom is 0.228 e. The number of rotatable bonds is 7. The van der Waals surface area contributed by atoms with Gasteiger partial charge in [-0.3, -0.25) is 4.79 Å². The normalized spacial score (nSPS) is 13.4. The van der Waals surface area contributed by atoms with E-state index in [-0.39, 0.29) is 11.8 Å². The van der Waals surface area contributed by atoms with E-state index in [2.05, 4.69) is 59.5 Å². The Morgan fingerprint density at radius 3 is 2.52 bits per heavy atom. The van der Waals surface area contributed by atoms with E-state index in [1.807, 2.05) is 12.1 Å². The van der Waals surface area contributed by atoms with Gasteiger partial charge >= 0.3 is 0 Å². The second-order valence-corrected chi connectivity index (χ2v) is 6.49. The van der Waals surface area contributed by atoms with Gasteiger partial charge in [-0.05, 0) is 69.5 Å². The predicted molar refractivity (Wildman–Crippen MR) is 104 cm³/mol. The van der Waals surface area contributed by atoms with Crippen LogP contribution in [0.5, 0.6) is 0 Å². The van der Waals surface area contributed by atoms with E-state index in [1.54, 1.807) is 6.20 Å². The number of hydrogen-bond donors (Lipinski definition) is 2. The van der Waals surface area contributed by atoms with Crippen LogP contribution in [-0.2, 0) is 4.79 Å². The maximum atomic E-state index is 11.8. The highest BCUT2D eigenvalue weighted by Crippen LogP contribution is 2.30. The van der Waals surface area contributed by atoms with Crippen LogP contribution >= 0.6 is 0 Å². The Balaban J connectivity index is 1.66. The first kappa shape index (κ1) is 17.3. The molecule has 1 fully saturated rings. The summed E-state index contributed by atoms with van der Waals surface area (Å²) < 4.78 is 0. The van der Waals surface area contributed by atoms with Crippen molar-refractivity contribution in [3.63, 3.8) is 0 Å². The first-order valence-electron chi connectivity index (χ1n) is 9.00. The summed E-state index contributed by atoms with van der Waals surface area (Å²) in [7, 11) is 0. The number of carbonyl (C=O) groups is 1. The zero-order chi connectivity index (χ0) is 17.8. The molecule has 1 aromatic heterocycles. The molecule has 0 saturated heterocycles. The highest BCUT2D eigenvalue weighted by Gasteiger charge is 2.29. The average Bonchev–Trinajstić information content (AvgIpc) is 3.45. The summed E-state index contributed by atoms with van der Waals surface area (Å²) in [5, 5.41) is 6.25. The van der Waals surface area contributed by atoms with Crippen LogP contribution in [0, 0.1) is 12.8 Å². The molecule has 1 aromatic carbocycles. The number of hydrogen-bond acceptors (Lipinski definition) is 4. The van der Waals surface area contributed by atoms with Crippen LogP contribution in [0.1, 0.15) is 32.3 Å². The second kappa shape index (κ2) is 7.55. The van der Waals surface area contributed by atoms with Gasteiger partial charge in [-0.2, -0.15) is 0 Å². The summed E-state index contributed by atoms with van der Waals surface area (Å²) >= 11 is 0. The molecular weight excluding hydrogens is 312 g/mol. The number of nitrogens with one attached hydrogen (secondary N) is 2. The van der Waals surface area contributed by atoms with Crippen LogP contribution in [-0.4, -0.2) is 24.0 Å². The highest BCUT2D eigenvalue weighted by atomic mass is 16.2. The van der Waals surface area contributed by atoms with Crippen molar-refractivity contribution in [2.75, 3.05) is 28.6 Å². The molecule has 0 bridgehead atoms. The van der Waals surface area contributed by atoms with Crippen molar-refractivity contribution in [2.24, 2.45) is 5.92 Å². The third-order valence-corrected chi connectivity index (χ3v) is 4.58. The summed E-state index contributed by atoms with van der Waals surface area (Å²) in [6, 6.07) is 10.2. The molecule has 2 aromatic rings. The van der Waals surface area contributed by atoms with Gasteiger partial charge in [0, 0.05) is 30.4 Å². The van der Waals surface area contributed by atoms with Gasteiger partial charge in [-0.1, -0.05) is 0 Å². The average molecular weight is 338 g/mol. The predicted octanol–water partition coefficient (Wildman–Crippen LogP) is 4.33. The molecule has 5 heteroatoms. The first-order chi connectivity index (χ1) is 12.1. The molecule has 0 aliphatic heterocycles. The summed E-state index contributed by atoms with van der Waals surface area (Å²) in [5.74, 6) is 0.874. The standard InChI is InChI=1S/C20H26N4O/c1-4-24(5-2)17-9-10-18(14(3)12-17)22-16-8-11-19(21-13-16)23-20(25)15-6-7-15/h8-13,15,22H,4-7H2,1-3H3,(H,21,23,25).